The van der Waals surface area contributed by atoms with Crippen molar-refractivity contribution in [2.45, 2.75) is 19.8 Å². The Balaban J connectivity index is 1.17. The van der Waals surface area contributed by atoms with Gasteiger partial charge in [0.1, 0.15) is 0 Å². The average molecular weight is 769 g/mol. The van der Waals surface area contributed by atoms with Gasteiger partial charge in [-0.2, -0.15) is 0 Å². The van der Waals surface area contributed by atoms with Crippen molar-refractivity contribution in [2.24, 2.45) is 0 Å². The minimum Gasteiger partial charge on any atom is -0.0622 e. The van der Waals surface area contributed by atoms with Gasteiger partial charge in [0.05, 0.1) is 0 Å². The van der Waals surface area contributed by atoms with Crippen LogP contribution in [0.3, 0.4) is 0 Å². The summed E-state index contributed by atoms with van der Waals surface area (Å²) >= 11 is 0. The van der Waals surface area contributed by atoms with Crippen LogP contribution < -0.4 is 0 Å². The summed E-state index contributed by atoms with van der Waals surface area (Å²) in [4.78, 5) is 0. The van der Waals surface area contributed by atoms with Crippen LogP contribution in [0.5, 0.6) is 0 Å². The van der Waals surface area contributed by atoms with Gasteiger partial charge in [0.2, 0.25) is 0 Å². The molecule has 0 heterocycles. The summed E-state index contributed by atoms with van der Waals surface area (Å²) < 4.78 is 0. The van der Waals surface area contributed by atoms with Crippen LogP contribution in [-0.4, -0.2) is 0 Å². The van der Waals surface area contributed by atoms with E-state index >= 15 is 0 Å². The van der Waals surface area contributed by atoms with E-state index in [1.54, 1.807) is 0 Å². The number of hydrogen-bond acceptors (Lipinski definition) is 0. The first kappa shape index (κ1) is 32.3. The molecule has 0 bridgehead atoms. The molecule has 0 fully saturated rings. The second kappa shape index (κ2) is 11.2. The summed E-state index contributed by atoms with van der Waals surface area (Å²) in [6, 6.07) is 67.6. The summed E-state index contributed by atoms with van der Waals surface area (Å²) in [5.74, 6) is 0.485. The van der Waals surface area contributed by atoms with Gasteiger partial charge in [0.15, 0.2) is 0 Å². The van der Waals surface area contributed by atoms with Crippen LogP contribution in [0.4, 0.5) is 0 Å². The van der Waals surface area contributed by atoms with E-state index in [2.05, 4.69) is 190 Å². The Morgan fingerprint density at radius 3 is 1.38 bits per heavy atom. The average Bonchev–Trinajstić information content (AvgIpc) is 3.94. The van der Waals surface area contributed by atoms with Gasteiger partial charge < -0.3 is 0 Å². The minimum atomic E-state index is 0.485. The molecule has 0 aliphatic heterocycles. The third-order valence-electron chi connectivity index (χ3n) is 14.8. The van der Waals surface area contributed by atoms with Gasteiger partial charge in [0, 0.05) is 0 Å². The fourth-order valence-electron chi connectivity index (χ4n) is 12.3. The Morgan fingerprint density at radius 1 is 0.246 bits per heavy atom. The van der Waals surface area contributed by atoms with E-state index in [1.807, 2.05) is 0 Å². The summed E-state index contributed by atoms with van der Waals surface area (Å²) in [7, 11) is 0. The maximum Gasteiger partial charge on any atom is -0.000718 e. The van der Waals surface area contributed by atoms with Gasteiger partial charge in [0.25, 0.3) is 0 Å². The van der Waals surface area contributed by atoms with Crippen molar-refractivity contribution in [3.05, 3.63) is 181 Å². The Hall–Kier alpha value is -7.54. The van der Waals surface area contributed by atoms with Gasteiger partial charge in [-0.15, -0.1) is 0 Å². The second-order valence-corrected chi connectivity index (χ2v) is 18.0. The molecule has 0 atom stereocenters. The fourth-order valence-corrected chi connectivity index (χ4v) is 12.3. The standard InChI is InChI=1S/C61H36/c1-32(2)35-20-21-38-40-22-23-41-43-26-28-47-58-48(29-27-44(57(43)58)42-24-25-45(49(38)30-35)55(40)56(41)42)61-53(34-14-7-4-8-15-34)59-46-19-11-18-39-36-16-9-10-17-37(36)50(54(39)46)31-51(59)52(60(47)61)33-12-5-3-6-13-33/h3-32H,1-2H3. The molecule has 0 unspecified atom stereocenters. The molecular formula is C61H36. The molecule has 0 nitrogen and oxygen atoms in total. The lowest BCUT2D eigenvalue weighted by atomic mass is 9.84. The van der Waals surface area contributed by atoms with Crippen LogP contribution in [0.25, 0.3) is 152 Å². The topological polar surface area (TPSA) is 0 Å². The monoisotopic (exact) mass is 768 g/mol. The van der Waals surface area contributed by atoms with Crippen LogP contribution in [0.1, 0.15) is 25.3 Å². The molecule has 0 aromatic heterocycles. The van der Waals surface area contributed by atoms with Crippen LogP contribution in [-0.2, 0) is 0 Å². The normalized spacial score (nSPS) is 12.9. The van der Waals surface area contributed by atoms with Gasteiger partial charge in [-0.1, -0.05) is 184 Å². The molecule has 0 saturated carbocycles. The molecule has 0 radical (unpaired) electrons. The number of hydrogen-bond donors (Lipinski definition) is 0. The maximum absolute atomic E-state index is 2.54. The summed E-state index contributed by atoms with van der Waals surface area (Å²) in [5.41, 5.74) is 12.0. The fraction of sp³-hybridized carbons (Fsp3) is 0.0492. The molecule has 280 valence electrons. The Morgan fingerprint density at radius 2 is 0.705 bits per heavy atom. The predicted molar refractivity (Wildman–Crippen MR) is 264 cm³/mol. The van der Waals surface area contributed by atoms with E-state index in [-0.39, 0.29) is 0 Å². The van der Waals surface area contributed by atoms with Gasteiger partial charge in [-0.05, 0) is 170 Å². The molecule has 0 spiro atoms. The maximum atomic E-state index is 2.54. The Kier molecular flexibility index (Phi) is 5.93. The molecule has 1 aliphatic carbocycles. The lowest BCUT2D eigenvalue weighted by Gasteiger charge is -2.19. The first-order valence-electron chi connectivity index (χ1n) is 21.8. The highest BCUT2D eigenvalue weighted by Crippen LogP contribution is 2.58. The first-order valence-corrected chi connectivity index (χ1v) is 21.8. The van der Waals surface area contributed by atoms with Crippen LogP contribution >= 0.6 is 0 Å². The van der Waals surface area contributed by atoms with E-state index in [9.17, 15) is 0 Å². The number of fused-ring (bicyclic) bond motifs is 13. The van der Waals surface area contributed by atoms with Gasteiger partial charge >= 0.3 is 0 Å². The molecule has 0 saturated heterocycles. The molecule has 0 heteroatoms. The quantitative estimate of drug-likeness (QED) is 0.124. The van der Waals surface area contributed by atoms with Crippen molar-refractivity contribution in [1.82, 2.24) is 0 Å². The highest BCUT2D eigenvalue weighted by atomic mass is 14.3. The van der Waals surface area contributed by atoms with E-state index < -0.39 is 0 Å². The minimum absolute atomic E-state index is 0.485. The molecule has 14 aromatic rings. The zero-order valence-corrected chi connectivity index (χ0v) is 33.8. The van der Waals surface area contributed by atoms with Crippen LogP contribution in [0.15, 0.2) is 176 Å². The molecule has 0 N–H and O–H groups in total. The van der Waals surface area contributed by atoms with E-state index in [1.165, 1.54) is 158 Å². The molecule has 1 aliphatic rings. The summed E-state index contributed by atoms with van der Waals surface area (Å²) in [5, 5.41) is 27.0. The highest BCUT2D eigenvalue weighted by Gasteiger charge is 2.30. The van der Waals surface area contributed by atoms with Crippen molar-refractivity contribution >= 4 is 108 Å². The van der Waals surface area contributed by atoms with E-state index in [0.29, 0.717) is 5.92 Å². The number of benzene rings is 12. The van der Waals surface area contributed by atoms with E-state index in [4.69, 9.17) is 0 Å². The molecule has 61 heavy (non-hydrogen) atoms. The summed E-state index contributed by atoms with van der Waals surface area (Å²) in [6.45, 7) is 4.59. The van der Waals surface area contributed by atoms with Crippen molar-refractivity contribution in [3.63, 3.8) is 0 Å². The van der Waals surface area contributed by atoms with Crippen LogP contribution in [0, 0.1) is 0 Å². The van der Waals surface area contributed by atoms with Gasteiger partial charge in [-0.3, -0.25) is 0 Å². The third kappa shape index (κ3) is 3.84. The zero-order chi connectivity index (χ0) is 39.8. The Bertz CT molecular complexity index is 4190. The molecule has 15 rings (SSSR count). The largest absolute Gasteiger partial charge is 0.0622 e. The predicted octanol–water partition coefficient (Wildman–Crippen LogP) is 17.6. The van der Waals surface area contributed by atoms with Crippen molar-refractivity contribution in [3.8, 4) is 44.5 Å². The third-order valence-corrected chi connectivity index (χ3v) is 14.8. The highest BCUT2D eigenvalue weighted by molar-refractivity contribution is 6.48. The second-order valence-electron chi connectivity index (χ2n) is 18.0. The van der Waals surface area contributed by atoms with Crippen molar-refractivity contribution in [2.75, 3.05) is 0 Å². The lowest BCUT2D eigenvalue weighted by Crippen LogP contribution is -1.91. The molecule has 0 amide bonds. The number of rotatable bonds is 3. The lowest BCUT2D eigenvalue weighted by molar-refractivity contribution is 0.867. The van der Waals surface area contributed by atoms with Gasteiger partial charge in [-0.25, -0.2) is 0 Å². The smallest absolute Gasteiger partial charge is 0.000718 e. The first-order chi connectivity index (χ1) is 30.1. The van der Waals surface area contributed by atoms with Crippen molar-refractivity contribution < 1.29 is 0 Å². The zero-order valence-electron chi connectivity index (χ0n) is 33.8. The SMILES string of the molecule is CC(C)c1ccc2c(c1)-c1ccc3c4ccc5c6c(-c7ccccc7)c7c(cc8c9ccccc9c9cccc7c98)c(-c7ccccc7)c6c6ccc(c7ccc-2c1c73)c4c65. The van der Waals surface area contributed by atoms with E-state index in [0.717, 1.165) is 0 Å². The van der Waals surface area contributed by atoms with Crippen molar-refractivity contribution in [1.29, 1.82) is 0 Å². The Labute approximate surface area is 351 Å². The molecule has 14 aromatic carbocycles. The summed E-state index contributed by atoms with van der Waals surface area (Å²) in [6.07, 6.45) is 0. The van der Waals surface area contributed by atoms with Crippen LogP contribution in [0.2, 0.25) is 0 Å². The molecular weight excluding hydrogens is 733 g/mol.